The van der Waals surface area contributed by atoms with Gasteiger partial charge in [0.2, 0.25) is 0 Å². The number of amides is 1. The zero-order valence-electron chi connectivity index (χ0n) is 15.7. The Bertz CT molecular complexity index is 997. The first-order chi connectivity index (χ1) is 13.3. The number of benzene rings is 2. The summed E-state index contributed by atoms with van der Waals surface area (Å²) in [4.78, 5) is 29.3. The number of aromatic nitrogens is 1. The standard InChI is InChI=1S/C21H19ClN2O3S/c1-12(25)15-6-10-18(11-7-15)27-13(2)20(26)24-21-23-19(14(3)28-21)16-4-8-17(22)9-5-16/h4-11,13H,1-3H3,(H,23,24,26). The number of anilines is 1. The van der Waals surface area contributed by atoms with Gasteiger partial charge < -0.3 is 4.74 Å². The number of halogens is 1. The van der Waals surface area contributed by atoms with E-state index in [0.29, 0.717) is 21.5 Å². The molecule has 2 aromatic carbocycles. The van der Waals surface area contributed by atoms with Gasteiger partial charge in [-0.15, -0.1) is 11.3 Å². The molecule has 0 aliphatic heterocycles. The van der Waals surface area contributed by atoms with Crippen molar-refractivity contribution in [1.29, 1.82) is 0 Å². The SMILES string of the molecule is CC(=O)c1ccc(OC(C)C(=O)Nc2nc(-c3ccc(Cl)cc3)c(C)s2)cc1. The van der Waals surface area contributed by atoms with Gasteiger partial charge in [0.1, 0.15) is 5.75 Å². The van der Waals surface area contributed by atoms with Crippen molar-refractivity contribution in [1.82, 2.24) is 4.98 Å². The van der Waals surface area contributed by atoms with Gasteiger partial charge in [-0.25, -0.2) is 4.98 Å². The summed E-state index contributed by atoms with van der Waals surface area (Å²) >= 11 is 7.33. The summed E-state index contributed by atoms with van der Waals surface area (Å²) in [7, 11) is 0. The highest BCUT2D eigenvalue weighted by molar-refractivity contribution is 7.16. The first-order valence-electron chi connectivity index (χ1n) is 8.65. The van der Waals surface area contributed by atoms with Crippen LogP contribution in [0.4, 0.5) is 5.13 Å². The minimum atomic E-state index is -0.716. The molecule has 3 rings (SSSR count). The van der Waals surface area contributed by atoms with Crippen molar-refractivity contribution in [3.63, 3.8) is 0 Å². The predicted molar refractivity (Wildman–Crippen MR) is 112 cm³/mol. The third-order valence-electron chi connectivity index (χ3n) is 4.09. The molecular weight excluding hydrogens is 396 g/mol. The highest BCUT2D eigenvalue weighted by Crippen LogP contribution is 2.31. The molecule has 0 saturated heterocycles. The summed E-state index contributed by atoms with van der Waals surface area (Å²) in [6.07, 6.45) is -0.716. The van der Waals surface area contributed by atoms with E-state index in [2.05, 4.69) is 10.3 Å². The second-order valence-electron chi connectivity index (χ2n) is 6.26. The number of aryl methyl sites for hydroxylation is 1. The number of hydrogen-bond acceptors (Lipinski definition) is 5. The zero-order valence-corrected chi connectivity index (χ0v) is 17.2. The molecule has 1 heterocycles. The lowest BCUT2D eigenvalue weighted by atomic mass is 10.1. The number of nitrogens with one attached hydrogen (secondary N) is 1. The van der Waals surface area contributed by atoms with Crippen molar-refractivity contribution >= 4 is 39.8 Å². The molecule has 3 aromatic rings. The molecule has 0 aliphatic carbocycles. The molecular formula is C21H19ClN2O3S. The Morgan fingerprint density at radius 3 is 2.36 bits per heavy atom. The van der Waals surface area contributed by atoms with E-state index in [1.807, 2.05) is 19.1 Å². The van der Waals surface area contributed by atoms with E-state index in [4.69, 9.17) is 16.3 Å². The number of carbonyl (C=O) groups excluding carboxylic acids is 2. The van der Waals surface area contributed by atoms with Gasteiger partial charge in [0, 0.05) is 21.0 Å². The fourth-order valence-electron chi connectivity index (χ4n) is 2.56. The summed E-state index contributed by atoms with van der Waals surface area (Å²) in [6, 6.07) is 14.1. The van der Waals surface area contributed by atoms with E-state index in [1.165, 1.54) is 18.3 Å². The maximum atomic E-state index is 12.5. The quantitative estimate of drug-likeness (QED) is 0.550. The predicted octanol–water partition coefficient (Wildman–Crippen LogP) is 5.38. The Balaban J connectivity index is 1.66. The third kappa shape index (κ3) is 4.77. The number of carbonyl (C=O) groups is 2. The van der Waals surface area contributed by atoms with Gasteiger partial charge in [-0.3, -0.25) is 14.9 Å². The molecule has 1 amide bonds. The fraction of sp³-hybridized carbons (Fsp3) is 0.190. The molecule has 0 radical (unpaired) electrons. The van der Waals surface area contributed by atoms with Crippen molar-refractivity contribution in [2.45, 2.75) is 26.9 Å². The largest absolute Gasteiger partial charge is 0.481 e. The van der Waals surface area contributed by atoms with E-state index in [9.17, 15) is 9.59 Å². The molecule has 1 atom stereocenters. The summed E-state index contributed by atoms with van der Waals surface area (Å²) in [5.74, 6) is 0.199. The van der Waals surface area contributed by atoms with Crippen LogP contribution in [-0.2, 0) is 4.79 Å². The number of Topliss-reactive ketones (excluding diaryl/α,β-unsaturated/α-hetero) is 1. The van der Waals surface area contributed by atoms with Gasteiger partial charge in [0.05, 0.1) is 5.69 Å². The Labute approximate surface area is 172 Å². The Morgan fingerprint density at radius 2 is 1.75 bits per heavy atom. The maximum Gasteiger partial charge on any atom is 0.266 e. The smallest absolute Gasteiger partial charge is 0.266 e. The lowest BCUT2D eigenvalue weighted by Crippen LogP contribution is -2.30. The number of rotatable bonds is 6. The molecule has 0 aliphatic rings. The van der Waals surface area contributed by atoms with Crippen LogP contribution in [0, 0.1) is 6.92 Å². The molecule has 0 spiro atoms. The van der Waals surface area contributed by atoms with Crippen LogP contribution >= 0.6 is 22.9 Å². The third-order valence-corrected chi connectivity index (χ3v) is 5.23. The molecule has 1 unspecified atom stereocenters. The van der Waals surface area contributed by atoms with Crippen LogP contribution in [0.15, 0.2) is 48.5 Å². The summed E-state index contributed by atoms with van der Waals surface area (Å²) in [5, 5.41) is 3.97. The first kappa shape index (κ1) is 20.0. The molecule has 28 heavy (non-hydrogen) atoms. The van der Waals surface area contributed by atoms with E-state index < -0.39 is 6.10 Å². The number of ether oxygens (including phenoxy) is 1. The van der Waals surface area contributed by atoms with Crippen molar-refractivity contribution in [3.05, 3.63) is 64.0 Å². The van der Waals surface area contributed by atoms with E-state index in [-0.39, 0.29) is 11.7 Å². The van der Waals surface area contributed by atoms with Crippen LogP contribution in [0.2, 0.25) is 5.02 Å². The molecule has 144 valence electrons. The second-order valence-corrected chi connectivity index (χ2v) is 7.90. The van der Waals surface area contributed by atoms with Crippen LogP contribution < -0.4 is 10.1 Å². The van der Waals surface area contributed by atoms with Gasteiger partial charge in [-0.1, -0.05) is 23.7 Å². The highest BCUT2D eigenvalue weighted by Gasteiger charge is 2.18. The molecule has 5 nitrogen and oxygen atoms in total. The highest BCUT2D eigenvalue weighted by atomic mass is 35.5. The molecule has 1 N–H and O–H groups in total. The minimum absolute atomic E-state index is 0.0204. The number of thiazole rings is 1. The Morgan fingerprint density at radius 1 is 1.11 bits per heavy atom. The van der Waals surface area contributed by atoms with Crippen LogP contribution in [-0.4, -0.2) is 22.8 Å². The second kappa shape index (κ2) is 8.54. The molecule has 1 aromatic heterocycles. The van der Waals surface area contributed by atoms with Crippen LogP contribution in [0.1, 0.15) is 29.1 Å². The maximum absolute atomic E-state index is 12.5. The molecule has 0 fully saturated rings. The number of hydrogen-bond donors (Lipinski definition) is 1. The average molecular weight is 415 g/mol. The minimum Gasteiger partial charge on any atom is -0.481 e. The van der Waals surface area contributed by atoms with E-state index in [1.54, 1.807) is 43.3 Å². The van der Waals surface area contributed by atoms with Crippen LogP contribution in [0.3, 0.4) is 0 Å². The monoisotopic (exact) mass is 414 g/mol. The van der Waals surface area contributed by atoms with Gasteiger partial charge in [0.25, 0.3) is 5.91 Å². The molecule has 7 heteroatoms. The summed E-state index contributed by atoms with van der Waals surface area (Å²) in [5.41, 5.74) is 2.34. The Hall–Kier alpha value is -2.70. The lowest BCUT2D eigenvalue weighted by molar-refractivity contribution is -0.122. The van der Waals surface area contributed by atoms with Crippen molar-refractivity contribution in [2.24, 2.45) is 0 Å². The topological polar surface area (TPSA) is 68.3 Å². The van der Waals surface area contributed by atoms with Gasteiger partial charge >= 0.3 is 0 Å². The van der Waals surface area contributed by atoms with Gasteiger partial charge in [-0.05, 0) is 57.2 Å². The van der Waals surface area contributed by atoms with Crippen molar-refractivity contribution in [2.75, 3.05) is 5.32 Å². The lowest BCUT2D eigenvalue weighted by Gasteiger charge is -2.13. The fourth-order valence-corrected chi connectivity index (χ4v) is 3.52. The zero-order chi connectivity index (χ0) is 20.3. The summed E-state index contributed by atoms with van der Waals surface area (Å²) in [6.45, 7) is 5.11. The first-order valence-corrected chi connectivity index (χ1v) is 9.85. The average Bonchev–Trinajstić information content (AvgIpc) is 3.02. The summed E-state index contributed by atoms with van der Waals surface area (Å²) < 4.78 is 5.66. The number of ketones is 1. The van der Waals surface area contributed by atoms with Crippen molar-refractivity contribution < 1.29 is 14.3 Å². The molecule has 0 bridgehead atoms. The molecule has 0 saturated carbocycles. The van der Waals surface area contributed by atoms with Crippen LogP contribution in [0.5, 0.6) is 5.75 Å². The van der Waals surface area contributed by atoms with Gasteiger partial charge in [-0.2, -0.15) is 0 Å². The van der Waals surface area contributed by atoms with E-state index in [0.717, 1.165) is 16.1 Å². The number of nitrogens with zero attached hydrogens (tertiary/aromatic N) is 1. The van der Waals surface area contributed by atoms with Crippen molar-refractivity contribution in [3.8, 4) is 17.0 Å². The van der Waals surface area contributed by atoms with Crippen LogP contribution in [0.25, 0.3) is 11.3 Å². The van der Waals surface area contributed by atoms with E-state index >= 15 is 0 Å². The van der Waals surface area contributed by atoms with Gasteiger partial charge in [0.15, 0.2) is 17.0 Å². The Kier molecular flexibility index (Phi) is 6.11. The normalized spacial score (nSPS) is 11.7.